The third kappa shape index (κ3) is 7.53. The van der Waals surface area contributed by atoms with Crippen molar-refractivity contribution in [3.05, 3.63) is 63.0 Å². The zero-order valence-corrected chi connectivity index (χ0v) is 26.6. The highest BCUT2D eigenvalue weighted by molar-refractivity contribution is 8.01. The average Bonchev–Trinajstić information content (AvgIpc) is 2.91. The van der Waals surface area contributed by atoms with Crippen LogP contribution in [-0.4, -0.2) is 75.2 Å². The average molecular weight is 680 g/mol. The van der Waals surface area contributed by atoms with Crippen LogP contribution in [0.2, 0.25) is 10.0 Å². The van der Waals surface area contributed by atoms with Crippen molar-refractivity contribution in [1.82, 2.24) is 10.2 Å². The van der Waals surface area contributed by atoms with Gasteiger partial charge in [0.05, 0.1) is 10.8 Å². The fraction of sp³-hybridized carbons (Fsp3) is 0.360. The van der Waals surface area contributed by atoms with Crippen LogP contribution in [0.25, 0.3) is 0 Å². The Kier molecular flexibility index (Phi) is 10.3. The molecule has 1 aromatic carbocycles. The summed E-state index contributed by atoms with van der Waals surface area (Å²) in [6.07, 6.45) is 1.72. The van der Waals surface area contributed by atoms with Gasteiger partial charge in [0.15, 0.2) is 18.4 Å². The van der Waals surface area contributed by atoms with E-state index in [1.165, 1.54) is 40.2 Å². The summed E-state index contributed by atoms with van der Waals surface area (Å²) in [6, 6.07) is 5.91. The number of aryl methyl sites for hydroxylation is 1. The van der Waals surface area contributed by atoms with Gasteiger partial charge in [0.1, 0.15) is 22.9 Å². The Labute approximate surface area is 260 Å². The first-order chi connectivity index (χ1) is 19.3. The standard InChI is InChI=1S/C25H25Cl2N3O7S4/c1-13-14(2)29(7-8-41(35,36)37)6-5-18(13)38-10-15-11-40-24-21(23(32)30(24)22(15)25(33)34)28-20(31)12-39-19-9-16(26)3-4-17(19)27/h3-6,9,21,24H,7-8,10-12H2,1-2H3,(H2-,28,31,33,34,35,36,37)/p+1/t21-,24+/m0/s1. The maximum absolute atomic E-state index is 13.0. The second-order valence-electron chi connectivity index (χ2n) is 9.23. The predicted molar refractivity (Wildman–Crippen MR) is 160 cm³/mol. The monoisotopic (exact) mass is 678 g/mol. The minimum absolute atomic E-state index is 0.0103. The summed E-state index contributed by atoms with van der Waals surface area (Å²) in [5, 5.41) is 13.1. The topological polar surface area (TPSA) is 145 Å². The fourth-order valence-corrected chi connectivity index (χ4v) is 8.60. The van der Waals surface area contributed by atoms with Crippen LogP contribution in [0.15, 0.2) is 51.5 Å². The first kappa shape index (κ1) is 32.0. The second kappa shape index (κ2) is 13.1. The van der Waals surface area contributed by atoms with Gasteiger partial charge in [0.2, 0.25) is 5.91 Å². The number of halogens is 2. The number of amides is 2. The SMILES string of the molecule is Cc1c(SCC2=C(C(=O)O)N3C(=O)[C@H](NC(=O)CSc4cc(Cl)ccc4Cl)[C@H]3SC2)cc[n+](CCS(=O)(=O)O)c1C. The molecule has 0 aliphatic carbocycles. The minimum atomic E-state index is -4.09. The van der Waals surface area contributed by atoms with Gasteiger partial charge in [-0.15, -0.1) is 35.3 Å². The lowest BCUT2D eigenvalue weighted by molar-refractivity contribution is -0.699. The molecule has 0 saturated carbocycles. The Morgan fingerprint density at radius 3 is 2.61 bits per heavy atom. The summed E-state index contributed by atoms with van der Waals surface area (Å²) in [6.45, 7) is 3.82. The van der Waals surface area contributed by atoms with Crippen molar-refractivity contribution >= 4 is 86.4 Å². The number of pyridine rings is 1. The highest BCUT2D eigenvalue weighted by Gasteiger charge is 2.54. The van der Waals surface area contributed by atoms with E-state index >= 15 is 0 Å². The zero-order valence-electron chi connectivity index (χ0n) is 21.8. The number of aromatic nitrogens is 1. The van der Waals surface area contributed by atoms with E-state index < -0.39 is 39.2 Å². The van der Waals surface area contributed by atoms with Crippen LogP contribution in [0.3, 0.4) is 0 Å². The highest BCUT2D eigenvalue weighted by Crippen LogP contribution is 2.42. The van der Waals surface area contributed by atoms with Crippen molar-refractivity contribution in [3.63, 3.8) is 0 Å². The molecule has 1 aromatic heterocycles. The molecule has 220 valence electrons. The predicted octanol–water partition coefficient (Wildman–Crippen LogP) is 3.41. The molecule has 2 atom stereocenters. The summed E-state index contributed by atoms with van der Waals surface area (Å²) in [7, 11) is -4.09. The molecule has 4 rings (SSSR count). The maximum Gasteiger partial charge on any atom is 0.352 e. The number of rotatable bonds is 11. The summed E-state index contributed by atoms with van der Waals surface area (Å²) in [4.78, 5) is 40.6. The number of carboxylic acid groups (broad SMARTS) is 1. The molecule has 1 fully saturated rings. The minimum Gasteiger partial charge on any atom is -0.477 e. The van der Waals surface area contributed by atoms with Gasteiger partial charge in [-0.3, -0.25) is 19.0 Å². The highest BCUT2D eigenvalue weighted by atomic mass is 35.5. The van der Waals surface area contributed by atoms with Crippen molar-refractivity contribution in [2.24, 2.45) is 0 Å². The molecule has 3 N–H and O–H groups in total. The van der Waals surface area contributed by atoms with Crippen molar-refractivity contribution in [1.29, 1.82) is 0 Å². The van der Waals surface area contributed by atoms with Gasteiger partial charge in [-0.25, -0.2) is 9.36 Å². The van der Waals surface area contributed by atoms with E-state index in [-0.39, 0.29) is 23.9 Å². The van der Waals surface area contributed by atoms with Gasteiger partial charge >= 0.3 is 5.97 Å². The van der Waals surface area contributed by atoms with Crippen LogP contribution in [0, 0.1) is 13.8 Å². The van der Waals surface area contributed by atoms with Crippen molar-refractivity contribution < 1.29 is 37.0 Å². The number of thioether (sulfide) groups is 3. The Morgan fingerprint density at radius 2 is 1.93 bits per heavy atom. The van der Waals surface area contributed by atoms with Crippen LogP contribution < -0.4 is 9.88 Å². The van der Waals surface area contributed by atoms with E-state index in [0.717, 1.165) is 16.2 Å². The number of β-lactam (4-membered cyclic amide) rings is 1. The van der Waals surface area contributed by atoms with Crippen LogP contribution in [-0.2, 0) is 31.0 Å². The van der Waals surface area contributed by atoms with E-state index in [4.69, 9.17) is 27.8 Å². The van der Waals surface area contributed by atoms with Gasteiger partial charge in [-0.1, -0.05) is 23.2 Å². The van der Waals surface area contributed by atoms with Crippen molar-refractivity contribution in [2.75, 3.05) is 23.0 Å². The molecule has 10 nitrogen and oxygen atoms in total. The second-order valence-corrected chi connectivity index (χ2v) is 14.8. The Balaban J connectivity index is 1.40. The van der Waals surface area contributed by atoms with Crippen LogP contribution >= 0.6 is 58.5 Å². The van der Waals surface area contributed by atoms with Crippen LogP contribution in [0.1, 0.15) is 11.3 Å². The van der Waals surface area contributed by atoms with Gasteiger partial charge in [-0.2, -0.15) is 8.42 Å². The molecule has 2 amide bonds. The van der Waals surface area contributed by atoms with Crippen LogP contribution in [0.4, 0.5) is 0 Å². The van der Waals surface area contributed by atoms with Gasteiger partial charge in [-0.05, 0) is 30.7 Å². The number of nitrogens with one attached hydrogen (secondary N) is 1. The molecule has 16 heteroatoms. The molecular formula is C25H26Cl2N3O7S4+. The molecule has 0 unspecified atom stereocenters. The lowest BCUT2D eigenvalue weighted by atomic mass is 10.0. The van der Waals surface area contributed by atoms with E-state index in [0.29, 0.717) is 32.0 Å². The van der Waals surface area contributed by atoms with Gasteiger partial charge in [0.25, 0.3) is 16.0 Å². The Morgan fingerprint density at radius 1 is 1.20 bits per heavy atom. The largest absolute Gasteiger partial charge is 0.477 e. The number of carbonyl (C=O) groups excluding carboxylic acids is 2. The zero-order chi connectivity index (χ0) is 30.1. The third-order valence-electron chi connectivity index (χ3n) is 6.56. The molecule has 2 aliphatic heterocycles. The molecular weight excluding hydrogens is 653 g/mol. The van der Waals surface area contributed by atoms with E-state index in [9.17, 15) is 27.9 Å². The van der Waals surface area contributed by atoms with Crippen molar-refractivity contribution in [3.8, 4) is 0 Å². The van der Waals surface area contributed by atoms with Crippen molar-refractivity contribution in [2.45, 2.75) is 41.6 Å². The Hall–Kier alpha value is -1.94. The first-order valence-corrected chi connectivity index (χ1v) is 17.5. The molecule has 2 aliphatic rings. The number of nitrogens with zero attached hydrogens (tertiary/aromatic N) is 2. The number of hydrogen-bond donors (Lipinski definition) is 3. The molecule has 2 aromatic rings. The van der Waals surface area contributed by atoms with E-state index in [2.05, 4.69) is 5.32 Å². The molecule has 41 heavy (non-hydrogen) atoms. The molecule has 0 spiro atoms. The first-order valence-electron chi connectivity index (χ1n) is 12.1. The van der Waals surface area contributed by atoms with Gasteiger partial charge < -0.3 is 10.4 Å². The third-order valence-corrected chi connectivity index (χ3v) is 11.6. The summed E-state index contributed by atoms with van der Waals surface area (Å²) >= 11 is 16.1. The summed E-state index contributed by atoms with van der Waals surface area (Å²) < 4.78 is 33.0. The summed E-state index contributed by atoms with van der Waals surface area (Å²) in [5.41, 5.74) is 2.24. The molecule has 3 heterocycles. The summed E-state index contributed by atoms with van der Waals surface area (Å²) in [5.74, 6) is -1.76. The Bertz CT molecular complexity index is 1550. The van der Waals surface area contributed by atoms with E-state index in [1.54, 1.807) is 29.0 Å². The number of aliphatic carboxylic acids is 1. The van der Waals surface area contributed by atoms with E-state index in [1.807, 2.05) is 19.9 Å². The maximum atomic E-state index is 13.0. The number of hydrogen-bond acceptors (Lipinski definition) is 8. The lowest BCUT2D eigenvalue weighted by Gasteiger charge is -2.49. The number of carboxylic acids is 1. The number of carbonyl (C=O) groups is 3. The number of fused-ring (bicyclic) bond motifs is 1. The molecule has 0 radical (unpaired) electrons. The quantitative estimate of drug-likeness (QED) is 0.140. The smallest absolute Gasteiger partial charge is 0.352 e. The number of benzene rings is 1. The van der Waals surface area contributed by atoms with Crippen LogP contribution in [0.5, 0.6) is 0 Å². The lowest BCUT2D eigenvalue weighted by Crippen LogP contribution is -2.70. The molecule has 1 saturated heterocycles. The fourth-order valence-electron chi connectivity index (χ4n) is 4.31. The molecule has 0 bridgehead atoms. The van der Waals surface area contributed by atoms with Gasteiger partial charge in [0, 0.05) is 44.9 Å². The normalized spacial score (nSPS) is 18.7.